The second kappa shape index (κ2) is 7.73. The third-order valence-corrected chi connectivity index (χ3v) is 5.22. The highest BCUT2D eigenvalue weighted by molar-refractivity contribution is 5.94. The summed E-state index contributed by atoms with van der Waals surface area (Å²) in [6.45, 7) is 7.20. The predicted molar refractivity (Wildman–Crippen MR) is 103 cm³/mol. The van der Waals surface area contributed by atoms with E-state index in [4.69, 9.17) is 0 Å². The van der Waals surface area contributed by atoms with E-state index < -0.39 is 6.04 Å². The van der Waals surface area contributed by atoms with Crippen LogP contribution in [-0.4, -0.2) is 40.7 Å². The molecule has 26 heavy (non-hydrogen) atoms. The molecule has 0 bridgehead atoms. The third-order valence-electron chi connectivity index (χ3n) is 5.22. The van der Waals surface area contributed by atoms with Crippen molar-refractivity contribution in [3.8, 4) is 0 Å². The molecular formula is C22H26N2O2. The van der Waals surface area contributed by atoms with Crippen molar-refractivity contribution in [1.29, 1.82) is 0 Å². The number of carbonyl (C=O) groups is 2. The molecule has 0 aromatic heterocycles. The Morgan fingerprint density at radius 2 is 1.69 bits per heavy atom. The van der Waals surface area contributed by atoms with Crippen LogP contribution in [0.3, 0.4) is 0 Å². The molecule has 4 nitrogen and oxygen atoms in total. The predicted octanol–water partition coefficient (Wildman–Crippen LogP) is 3.11. The van der Waals surface area contributed by atoms with Gasteiger partial charge in [0, 0.05) is 13.1 Å². The maximum atomic E-state index is 12.7. The maximum Gasteiger partial charge on any atom is 0.245 e. The lowest BCUT2D eigenvalue weighted by Crippen LogP contribution is -2.58. The molecule has 1 heterocycles. The largest absolute Gasteiger partial charge is 0.331 e. The number of nitrogens with zero attached hydrogens (tertiary/aromatic N) is 2. The number of amides is 2. The summed E-state index contributed by atoms with van der Waals surface area (Å²) in [6.07, 6.45) is 0.768. The van der Waals surface area contributed by atoms with E-state index in [0.717, 1.165) is 12.0 Å². The van der Waals surface area contributed by atoms with Crippen LogP contribution in [0.15, 0.2) is 48.5 Å². The molecule has 3 rings (SSSR count). The van der Waals surface area contributed by atoms with E-state index in [2.05, 4.69) is 26.0 Å². The first-order valence-electron chi connectivity index (χ1n) is 9.14. The van der Waals surface area contributed by atoms with E-state index in [9.17, 15) is 9.59 Å². The van der Waals surface area contributed by atoms with E-state index >= 15 is 0 Å². The van der Waals surface area contributed by atoms with Crippen LogP contribution >= 0.6 is 0 Å². The van der Waals surface area contributed by atoms with Crippen LogP contribution in [0.5, 0.6) is 0 Å². The van der Waals surface area contributed by atoms with Crippen molar-refractivity contribution < 1.29 is 9.59 Å². The Hall–Kier alpha value is -2.62. The molecule has 1 atom stereocenters. The molecule has 1 fully saturated rings. The minimum Gasteiger partial charge on any atom is -0.331 e. The lowest BCUT2D eigenvalue weighted by molar-refractivity contribution is -0.155. The van der Waals surface area contributed by atoms with Gasteiger partial charge in [-0.3, -0.25) is 9.59 Å². The van der Waals surface area contributed by atoms with Gasteiger partial charge in [0.2, 0.25) is 11.8 Å². The van der Waals surface area contributed by atoms with Crippen molar-refractivity contribution in [1.82, 2.24) is 9.80 Å². The number of hydrogen-bond acceptors (Lipinski definition) is 2. The fraction of sp³-hybridized carbons (Fsp3) is 0.364. The molecule has 4 heteroatoms. The highest BCUT2D eigenvalue weighted by Gasteiger charge is 2.36. The summed E-state index contributed by atoms with van der Waals surface area (Å²) in [5.74, 6) is 0.0488. The smallest absolute Gasteiger partial charge is 0.245 e. The molecule has 0 spiro atoms. The van der Waals surface area contributed by atoms with E-state index in [1.54, 1.807) is 9.80 Å². The minimum absolute atomic E-state index is 0.0170. The molecule has 0 unspecified atom stereocenters. The van der Waals surface area contributed by atoms with Gasteiger partial charge >= 0.3 is 0 Å². The van der Waals surface area contributed by atoms with Gasteiger partial charge in [-0.15, -0.1) is 0 Å². The quantitative estimate of drug-likeness (QED) is 0.831. The van der Waals surface area contributed by atoms with Crippen molar-refractivity contribution in [2.75, 3.05) is 13.1 Å². The van der Waals surface area contributed by atoms with E-state index in [1.807, 2.05) is 43.3 Å². The molecule has 2 amide bonds. The molecule has 0 aliphatic carbocycles. The number of aryl methyl sites for hydroxylation is 2. The molecule has 2 aromatic carbocycles. The van der Waals surface area contributed by atoms with Gasteiger partial charge in [-0.2, -0.15) is 0 Å². The first kappa shape index (κ1) is 18.2. The molecule has 0 saturated carbocycles. The Balaban J connectivity index is 1.65. The third kappa shape index (κ3) is 3.96. The maximum absolute atomic E-state index is 12.7. The molecule has 1 aliphatic rings. The van der Waals surface area contributed by atoms with Gasteiger partial charge in [0.1, 0.15) is 6.04 Å². The van der Waals surface area contributed by atoms with Crippen LogP contribution < -0.4 is 0 Å². The summed E-state index contributed by atoms with van der Waals surface area (Å²) in [5, 5.41) is 0. The summed E-state index contributed by atoms with van der Waals surface area (Å²) >= 11 is 0. The Kier molecular flexibility index (Phi) is 5.40. The van der Waals surface area contributed by atoms with Crippen LogP contribution in [0.1, 0.15) is 29.2 Å². The van der Waals surface area contributed by atoms with Crippen LogP contribution in [0.25, 0.3) is 0 Å². The van der Waals surface area contributed by atoms with Crippen LogP contribution in [0, 0.1) is 13.8 Å². The first-order chi connectivity index (χ1) is 12.5. The standard InChI is InChI=1S/C22H26N2O2/c1-16-9-10-20(13-17(16)2)14-24-18(3)22(26)23(15-21(24)25)12-11-19-7-5-4-6-8-19/h4-10,13,18H,11-12,14-15H2,1-3H3/t18-/m1/s1. The summed E-state index contributed by atoms with van der Waals surface area (Å²) in [4.78, 5) is 28.8. The number of benzene rings is 2. The van der Waals surface area contributed by atoms with E-state index in [0.29, 0.717) is 13.1 Å². The van der Waals surface area contributed by atoms with Crippen LogP contribution in [0.2, 0.25) is 0 Å². The highest BCUT2D eigenvalue weighted by Crippen LogP contribution is 2.18. The van der Waals surface area contributed by atoms with Crippen molar-refractivity contribution >= 4 is 11.8 Å². The minimum atomic E-state index is -0.423. The van der Waals surface area contributed by atoms with Crippen molar-refractivity contribution in [3.05, 3.63) is 70.8 Å². The van der Waals surface area contributed by atoms with Gasteiger partial charge in [0.15, 0.2) is 0 Å². The zero-order valence-corrected chi connectivity index (χ0v) is 15.7. The van der Waals surface area contributed by atoms with Gasteiger partial charge in [-0.1, -0.05) is 48.5 Å². The lowest BCUT2D eigenvalue weighted by atomic mass is 10.0. The van der Waals surface area contributed by atoms with E-state index in [1.165, 1.54) is 16.7 Å². The molecule has 2 aromatic rings. The zero-order valence-electron chi connectivity index (χ0n) is 15.7. The Labute approximate surface area is 155 Å². The molecule has 136 valence electrons. The molecule has 0 radical (unpaired) electrons. The summed E-state index contributed by atoms with van der Waals surface area (Å²) in [6, 6.07) is 15.8. The fourth-order valence-electron chi connectivity index (χ4n) is 3.37. The van der Waals surface area contributed by atoms with Gasteiger partial charge < -0.3 is 9.80 Å². The average molecular weight is 350 g/mol. The monoisotopic (exact) mass is 350 g/mol. The highest BCUT2D eigenvalue weighted by atomic mass is 16.2. The Morgan fingerprint density at radius 1 is 0.962 bits per heavy atom. The molecule has 0 N–H and O–H groups in total. The number of carbonyl (C=O) groups excluding carboxylic acids is 2. The molecular weight excluding hydrogens is 324 g/mol. The van der Waals surface area contributed by atoms with Gasteiger partial charge in [0.05, 0.1) is 6.54 Å². The second-order valence-corrected chi connectivity index (χ2v) is 7.11. The Morgan fingerprint density at radius 3 is 2.38 bits per heavy atom. The number of hydrogen-bond donors (Lipinski definition) is 0. The lowest BCUT2D eigenvalue weighted by Gasteiger charge is -2.39. The molecule has 1 aliphatic heterocycles. The van der Waals surface area contributed by atoms with Gasteiger partial charge in [-0.25, -0.2) is 0 Å². The second-order valence-electron chi connectivity index (χ2n) is 7.11. The first-order valence-corrected chi connectivity index (χ1v) is 9.14. The number of piperazine rings is 1. The zero-order chi connectivity index (χ0) is 18.7. The van der Waals surface area contributed by atoms with Crippen molar-refractivity contribution in [2.45, 2.75) is 39.8 Å². The van der Waals surface area contributed by atoms with Crippen LogP contribution in [-0.2, 0) is 22.6 Å². The van der Waals surface area contributed by atoms with Crippen molar-refractivity contribution in [3.63, 3.8) is 0 Å². The van der Waals surface area contributed by atoms with Gasteiger partial charge in [-0.05, 0) is 49.4 Å². The van der Waals surface area contributed by atoms with Gasteiger partial charge in [0.25, 0.3) is 0 Å². The molecule has 1 saturated heterocycles. The summed E-state index contributed by atoms with van der Waals surface area (Å²) in [5.41, 5.74) is 4.68. The Bertz CT molecular complexity index is 801. The summed E-state index contributed by atoms with van der Waals surface area (Å²) in [7, 11) is 0. The SMILES string of the molecule is Cc1ccc(CN2C(=O)CN(CCc3ccccc3)C(=O)[C@H]2C)cc1C. The summed E-state index contributed by atoms with van der Waals surface area (Å²) < 4.78 is 0. The van der Waals surface area contributed by atoms with Crippen LogP contribution in [0.4, 0.5) is 0 Å². The number of rotatable bonds is 5. The normalized spacial score (nSPS) is 17.7. The van der Waals surface area contributed by atoms with Crippen molar-refractivity contribution in [2.24, 2.45) is 0 Å². The van der Waals surface area contributed by atoms with E-state index in [-0.39, 0.29) is 18.4 Å². The topological polar surface area (TPSA) is 40.6 Å². The fourth-order valence-corrected chi connectivity index (χ4v) is 3.37. The average Bonchev–Trinajstić information content (AvgIpc) is 2.64.